The molecule has 1 rings (SSSR count). The van der Waals surface area contributed by atoms with Gasteiger partial charge in [0.1, 0.15) is 0 Å². The minimum absolute atomic E-state index is 0.160. The number of halogens is 1. The lowest BCUT2D eigenvalue weighted by Gasteiger charge is -2.05. The first-order valence-corrected chi connectivity index (χ1v) is 9.70. The predicted molar refractivity (Wildman–Crippen MR) is 95.9 cm³/mol. The zero-order valence-electron chi connectivity index (χ0n) is 10.9. The lowest BCUT2D eigenvalue weighted by Crippen LogP contribution is -2.23. The highest BCUT2D eigenvalue weighted by Crippen LogP contribution is 2.25. The van der Waals surface area contributed by atoms with Gasteiger partial charge in [0, 0.05) is 27.5 Å². The monoisotopic (exact) mass is 410 g/mol. The van der Waals surface area contributed by atoms with Crippen LogP contribution in [0.25, 0.3) is 0 Å². The van der Waals surface area contributed by atoms with Gasteiger partial charge in [-0.3, -0.25) is 9.98 Å². The first kappa shape index (κ1) is 16.9. The molecule has 1 aromatic rings. The molecule has 4 nitrogen and oxygen atoms in total. The second-order valence-electron chi connectivity index (χ2n) is 4.00. The maximum absolute atomic E-state index is 5.26. The maximum Gasteiger partial charge on any atom is 0.185 e. The first-order chi connectivity index (χ1) is 9.08. The van der Waals surface area contributed by atoms with Gasteiger partial charge in [0.05, 0.1) is 12.2 Å². The van der Waals surface area contributed by atoms with Gasteiger partial charge in [-0.25, -0.2) is 0 Å². The third-order valence-corrected chi connectivity index (χ3v) is 4.84. The van der Waals surface area contributed by atoms with Crippen molar-refractivity contribution in [1.82, 2.24) is 4.98 Å². The molecule has 1 atom stereocenters. The van der Waals surface area contributed by atoms with Gasteiger partial charge in [-0.15, -0.1) is 0 Å². The number of aromatic nitrogens is 1. The summed E-state index contributed by atoms with van der Waals surface area (Å²) in [7, 11) is 3.55. The summed E-state index contributed by atoms with van der Waals surface area (Å²) in [6.07, 6.45) is 1.02. The number of hydrogen-bond acceptors (Lipinski definition) is 4. The summed E-state index contributed by atoms with van der Waals surface area (Å²) < 4.78 is 0.613. The van der Waals surface area contributed by atoms with E-state index >= 15 is 0 Å². The molecule has 1 unspecified atom stereocenters. The molecule has 0 aliphatic rings. The van der Waals surface area contributed by atoms with E-state index in [-0.39, 0.29) is 5.96 Å². The molecule has 0 aliphatic carbocycles. The smallest absolute Gasteiger partial charge is 0.185 e. The van der Waals surface area contributed by atoms with Crippen LogP contribution < -0.4 is 11.5 Å². The van der Waals surface area contributed by atoms with Crippen molar-refractivity contribution in [3.63, 3.8) is 0 Å². The van der Waals surface area contributed by atoms with E-state index in [1.54, 1.807) is 21.6 Å². The number of alkyl halides is 1. The molecule has 0 saturated carbocycles. The minimum Gasteiger partial charge on any atom is -0.370 e. The van der Waals surface area contributed by atoms with Gasteiger partial charge < -0.3 is 11.5 Å². The molecule has 0 aliphatic heterocycles. The van der Waals surface area contributed by atoms with E-state index in [0.717, 1.165) is 23.6 Å². The Morgan fingerprint density at radius 2 is 2.11 bits per heavy atom. The van der Waals surface area contributed by atoms with E-state index < -0.39 is 0 Å². The molecule has 106 valence electrons. The molecule has 0 bridgehead atoms. The van der Waals surface area contributed by atoms with Crippen LogP contribution in [0, 0.1) is 0 Å². The Kier molecular flexibility index (Phi) is 8.64. The highest BCUT2D eigenvalue weighted by molar-refractivity contribution is 14.1. The molecule has 1 heterocycles. The molecule has 4 N–H and O–H groups in total. The topological polar surface area (TPSA) is 77.3 Å². The van der Waals surface area contributed by atoms with Crippen molar-refractivity contribution >= 4 is 50.1 Å². The SMILES string of the molecule is CC(I)Cc1cccc(CSSCCN=C(N)N)n1. The first-order valence-electron chi connectivity index (χ1n) is 5.96. The van der Waals surface area contributed by atoms with Crippen molar-refractivity contribution in [2.75, 3.05) is 12.3 Å². The van der Waals surface area contributed by atoms with Crippen LogP contribution in [0.3, 0.4) is 0 Å². The fourth-order valence-corrected chi connectivity index (χ4v) is 3.67. The number of nitrogens with two attached hydrogens (primary N) is 2. The van der Waals surface area contributed by atoms with Crippen LogP contribution in [0.4, 0.5) is 0 Å². The molecule has 0 amide bonds. The van der Waals surface area contributed by atoms with Crippen LogP contribution in [-0.2, 0) is 12.2 Å². The van der Waals surface area contributed by atoms with Crippen LogP contribution in [0.2, 0.25) is 0 Å². The zero-order valence-corrected chi connectivity index (χ0v) is 14.7. The third-order valence-electron chi connectivity index (χ3n) is 2.11. The summed E-state index contributed by atoms with van der Waals surface area (Å²) in [5.41, 5.74) is 12.8. The van der Waals surface area contributed by atoms with Crippen LogP contribution in [0.5, 0.6) is 0 Å². The van der Waals surface area contributed by atoms with E-state index in [4.69, 9.17) is 11.5 Å². The largest absolute Gasteiger partial charge is 0.370 e. The van der Waals surface area contributed by atoms with Crippen molar-refractivity contribution in [3.05, 3.63) is 29.6 Å². The Labute approximate surface area is 136 Å². The normalized spacial score (nSPS) is 12.1. The van der Waals surface area contributed by atoms with Crippen LogP contribution in [-0.4, -0.2) is 27.2 Å². The molecule has 1 aromatic heterocycles. The van der Waals surface area contributed by atoms with E-state index in [1.165, 1.54) is 5.69 Å². The number of nitrogens with zero attached hydrogens (tertiary/aromatic N) is 2. The summed E-state index contributed by atoms with van der Waals surface area (Å²) in [5.74, 6) is 1.98. The molecule has 0 fully saturated rings. The van der Waals surface area contributed by atoms with Crippen molar-refractivity contribution < 1.29 is 0 Å². The van der Waals surface area contributed by atoms with Gasteiger partial charge in [-0.05, 0) is 12.1 Å². The number of aliphatic imine (C=N–C) groups is 1. The number of pyridine rings is 1. The summed E-state index contributed by atoms with van der Waals surface area (Å²) in [5, 5.41) is 0. The van der Waals surface area contributed by atoms with Crippen molar-refractivity contribution in [2.45, 2.75) is 23.0 Å². The summed E-state index contributed by atoms with van der Waals surface area (Å²) in [6, 6.07) is 6.25. The predicted octanol–water partition coefficient (Wildman–Crippen LogP) is 2.60. The summed E-state index contributed by atoms with van der Waals surface area (Å²) in [6.45, 7) is 2.86. The Balaban J connectivity index is 2.27. The molecular weight excluding hydrogens is 391 g/mol. The van der Waals surface area contributed by atoms with Gasteiger partial charge in [-0.2, -0.15) is 0 Å². The van der Waals surface area contributed by atoms with E-state index in [0.29, 0.717) is 10.5 Å². The standard InChI is InChI=1S/C12H19IN4S2/c1-9(13)7-10-3-2-4-11(17-10)8-19-18-6-5-16-12(14)15/h2-4,9H,5-8H2,1H3,(H4,14,15,16). The third kappa shape index (κ3) is 8.59. The number of hydrogen-bond donors (Lipinski definition) is 2. The lowest BCUT2D eigenvalue weighted by molar-refractivity contribution is 0.913. The van der Waals surface area contributed by atoms with Crippen molar-refractivity contribution in [1.29, 1.82) is 0 Å². The van der Waals surface area contributed by atoms with E-state index in [9.17, 15) is 0 Å². The lowest BCUT2D eigenvalue weighted by atomic mass is 10.2. The number of guanidine groups is 1. The average molecular weight is 410 g/mol. The van der Waals surface area contributed by atoms with Gasteiger partial charge in [0.15, 0.2) is 5.96 Å². The average Bonchev–Trinajstić information content (AvgIpc) is 2.33. The highest BCUT2D eigenvalue weighted by atomic mass is 127. The van der Waals surface area contributed by atoms with Crippen molar-refractivity contribution in [2.24, 2.45) is 16.5 Å². The molecular formula is C12H19IN4S2. The Bertz CT molecular complexity index is 408. The van der Waals surface area contributed by atoms with Gasteiger partial charge in [0.2, 0.25) is 0 Å². The fourth-order valence-electron chi connectivity index (χ4n) is 1.38. The summed E-state index contributed by atoms with van der Waals surface area (Å²) in [4.78, 5) is 8.59. The minimum atomic E-state index is 0.160. The Hall–Kier alpha value is -0.150. The molecule has 19 heavy (non-hydrogen) atoms. The van der Waals surface area contributed by atoms with Crippen LogP contribution >= 0.6 is 44.2 Å². The van der Waals surface area contributed by atoms with Crippen LogP contribution in [0.1, 0.15) is 18.3 Å². The van der Waals surface area contributed by atoms with E-state index in [2.05, 4.69) is 57.7 Å². The summed E-state index contributed by atoms with van der Waals surface area (Å²) >= 11 is 2.42. The second kappa shape index (κ2) is 9.71. The fraction of sp³-hybridized carbons (Fsp3) is 0.500. The second-order valence-corrected chi connectivity index (χ2v) is 8.70. The molecule has 0 radical (unpaired) electrons. The van der Waals surface area contributed by atoms with E-state index in [1.807, 2.05) is 0 Å². The van der Waals surface area contributed by atoms with Gasteiger partial charge in [0.25, 0.3) is 0 Å². The zero-order chi connectivity index (χ0) is 14.1. The van der Waals surface area contributed by atoms with Crippen molar-refractivity contribution in [3.8, 4) is 0 Å². The quantitative estimate of drug-likeness (QED) is 0.172. The Morgan fingerprint density at radius 3 is 2.79 bits per heavy atom. The highest BCUT2D eigenvalue weighted by Gasteiger charge is 2.02. The van der Waals surface area contributed by atoms with Gasteiger partial charge >= 0.3 is 0 Å². The van der Waals surface area contributed by atoms with Gasteiger partial charge in [-0.1, -0.05) is 57.2 Å². The Morgan fingerprint density at radius 1 is 1.37 bits per heavy atom. The molecule has 0 aromatic carbocycles. The van der Waals surface area contributed by atoms with Crippen LogP contribution in [0.15, 0.2) is 23.2 Å². The molecule has 7 heteroatoms. The molecule has 0 saturated heterocycles. The number of rotatable bonds is 8. The molecule has 0 spiro atoms. The maximum atomic E-state index is 5.26.